The van der Waals surface area contributed by atoms with Gasteiger partial charge in [0.05, 0.1) is 0 Å². The molecule has 1 rings (SSSR count). The van der Waals surface area contributed by atoms with Gasteiger partial charge in [0, 0.05) is 12.4 Å². The molecule has 0 bridgehead atoms. The van der Waals surface area contributed by atoms with Gasteiger partial charge >= 0.3 is 0 Å². The largest absolute Gasteiger partial charge is 0.504 e. The maximum absolute atomic E-state index is 8.81. The van der Waals surface area contributed by atoms with Gasteiger partial charge < -0.3 is 15.5 Å². The standard InChI is InChI=1S/C6H7NO2/c8-5-1-3-7-4-2-6(5)9/h1-4,7-9H. The van der Waals surface area contributed by atoms with Crippen LogP contribution in [0.1, 0.15) is 0 Å². The number of rotatable bonds is 0. The summed E-state index contributed by atoms with van der Waals surface area (Å²) in [6.45, 7) is 0. The fourth-order valence-corrected chi connectivity index (χ4v) is 0.480. The first-order valence-electron chi connectivity index (χ1n) is 2.52. The van der Waals surface area contributed by atoms with Crippen molar-refractivity contribution in [2.75, 3.05) is 0 Å². The normalized spacial score (nSPS) is 17.3. The van der Waals surface area contributed by atoms with Crippen LogP contribution in [0.15, 0.2) is 36.1 Å². The molecule has 48 valence electrons. The van der Waals surface area contributed by atoms with Crippen molar-refractivity contribution >= 4 is 0 Å². The summed E-state index contributed by atoms with van der Waals surface area (Å²) in [6.07, 6.45) is 5.79. The molecule has 3 heteroatoms. The van der Waals surface area contributed by atoms with E-state index < -0.39 is 0 Å². The smallest absolute Gasteiger partial charge is 0.158 e. The third-order valence-corrected chi connectivity index (χ3v) is 0.937. The summed E-state index contributed by atoms with van der Waals surface area (Å²) in [5, 5.41) is 20.3. The summed E-state index contributed by atoms with van der Waals surface area (Å²) >= 11 is 0. The lowest BCUT2D eigenvalue weighted by atomic mass is 10.4. The zero-order valence-electron chi connectivity index (χ0n) is 4.70. The third kappa shape index (κ3) is 1.25. The van der Waals surface area contributed by atoms with Crippen LogP contribution < -0.4 is 5.32 Å². The molecule has 0 amide bonds. The molecule has 0 aromatic rings. The Morgan fingerprint density at radius 2 is 1.44 bits per heavy atom. The highest BCUT2D eigenvalue weighted by Gasteiger charge is 1.95. The number of aliphatic hydroxyl groups excluding tert-OH is 2. The van der Waals surface area contributed by atoms with Gasteiger partial charge in [0.15, 0.2) is 11.5 Å². The van der Waals surface area contributed by atoms with Crippen LogP contribution in [0.4, 0.5) is 0 Å². The number of allylic oxidation sites excluding steroid dienone is 2. The minimum atomic E-state index is -0.128. The first-order chi connectivity index (χ1) is 4.30. The van der Waals surface area contributed by atoms with Crippen LogP contribution in [0.5, 0.6) is 0 Å². The number of hydrogen-bond acceptors (Lipinski definition) is 3. The van der Waals surface area contributed by atoms with E-state index in [1.807, 2.05) is 0 Å². The van der Waals surface area contributed by atoms with Crippen LogP contribution in [0.2, 0.25) is 0 Å². The second kappa shape index (κ2) is 2.26. The van der Waals surface area contributed by atoms with Gasteiger partial charge in [-0.1, -0.05) is 0 Å². The molecule has 0 saturated heterocycles. The molecule has 0 atom stereocenters. The zero-order valence-corrected chi connectivity index (χ0v) is 4.70. The highest BCUT2D eigenvalue weighted by atomic mass is 16.3. The summed E-state index contributed by atoms with van der Waals surface area (Å²) in [4.78, 5) is 0. The molecule has 1 aliphatic heterocycles. The van der Waals surface area contributed by atoms with E-state index in [2.05, 4.69) is 5.32 Å². The molecule has 3 nitrogen and oxygen atoms in total. The Morgan fingerprint density at radius 1 is 1.00 bits per heavy atom. The molecule has 0 radical (unpaired) electrons. The summed E-state index contributed by atoms with van der Waals surface area (Å²) < 4.78 is 0. The molecule has 0 fully saturated rings. The predicted molar refractivity (Wildman–Crippen MR) is 33.7 cm³/mol. The van der Waals surface area contributed by atoms with E-state index in [1.165, 1.54) is 24.6 Å². The van der Waals surface area contributed by atoms with Gasteiger partial charge in [0.2, 0.25) is 0 Å². The third-order valence-electron chi connectivity index (χ3n) is 0.937. The van der Waals surface area contributed by atoms with E-state index in [9.17, 15) is 0 Å². The van der Waals surface area contributed by atoms with Gasteiger partial charge in [0.1, 0.15) is 0 Å². The fraction of sp³-hybridized carbons (Fsp3) is 0. The topological polar surface area (TPSA) is 52.5 Å². The second-order valence-corrected chi connectivity index (χ2v) is 1.60. The van der Waals surface area contributed by atoms with Crippen LogP contribution in [0.3, 0.4) is 0 Å². The van der Waals surface area contributed by atoms with E-state index in [4.69, 9.17) is 10.2 Å². The molecule has 0 aliphatic carbocycles. The lowest BCUT2D eigenvalue weighted by Gasteiger charge is -1.89. The minimum Gasteiger partial charge on any atom is -0.504 e. The maximum atomic E-state index is 8.81. The molecule has 9 heavy (non-hydrogen) atoms. The molecule has 0 aromatic carbocycles. The van der Waals surface area contributed by atoms with E-state index in [1.54, 1.807) is 0 Å². The molecule has 0 saturated carbocycles. The van der Waals surface area contributed by atoms with Crippen LogP contribution in [-0.2, 0) is 0 Å². The zero-order chi connectivity index (χ0) is 6.69. The van der Waals surface area contributed by atoms with Crippen molar-refractivity contribution in [1.29, 1.82) is 0 Å². The van der Waals surface area contributed by atoms with Crippen LogP contribution in [0.25, 0.3) is 0 Å². The first-order valence-corrected chi connectivity index (χ1v) is 2.52. The molecule has 0 spiro atoms. The van der Waals surface area contributed by atoms with Crippen molar-refractivity contribution in [2.24, 2.45) is 0 Å². The van der Waals surface area contributed by atoms with Crippen molar-refractivity contribution in [3.05, 3.63) is 36.1 Å². The molecular formula is C6H7NO2. The predicted octanol–water partition coefficient (Wildman–Crippen LogP) is 0.945. The molecule has 0 aromatic heterocycles. The lowest BCUT2D eigenvalue weighted by Crippen LogP contribution is -1.88. The first kappa shape index (κ1) is 5.75. The van der Waals surface area contributed by atoms with E-state index >= 15 is 0 Å². The van der Waals surface area contributed by atoms with Gasteiger partial charge in [-0.2, -0.15) is 0 Å². The van der Waals surface area contributed by atoms with Crippen LogP contribution in [-0.4, -0.2) is 10.2 Å². The number of nitrogens with one attached hydrogen (secondary N) is 1. The number of hydrogen-bond donors (Lipinski definition) is 3. The Bertz CT molecular complexity index is 171. The Hall–Kier alpha value is -1.38. The Morgan fingerprint density at radius 3 is 1.89 bits per heavy atom. The van der Waals surface area contributed by atoms with Gasteiger partial charge in [-0.15, -0.1) is 0 Å². The van der Waals surface area contributed by atoms with Crippen molar-refractivity contribution in [2.45, 2.75) is 0 Å². The molecule has 0 unspecified atom stereocenters. The Balaban J connectivity index is 2.90. The Kier molecular flexibility index (Phi) is 1.44. The van der Waals surface area contributed by atoms with Gasteiger partial charge in [-0.3, -0.25) is 0 Å². The molecule has 1 aliphatic rings. The van der Waals surface area contributed by atoms with Gasteiger partial charge in [-0.25, -0.2) is 0 Å². The van der Waals surface area contributed by atoms with Gasteiger partial charge in [0.25, 0.3) is 0 Å². The maximum Gasteiger partial charge on any atom is 0.158 e. The minimum absolute atomic E-state index is 0.128. The lowest BCUT2D eigenvalue weighted by molar-refractivity contribution is 0.352. The summed E-state index contributed by atoms with van der Waals surface area (Å²) in [5.74, 6) is -0.257. The van der Waals surface area contributed by atoms with E-state index in [0.29, 0.717) is 0 Å². The average Bonchev–Trinajstić information content (AvgIpc) is 1.99. The quantitative estimate of drug-likeness (QED) is 0.451. The summed E-state index contributed by atoms with van der Waals surface area (Å²) in [7, 11) is 0. The van der Waals surface area contributed by atoms with Crippen LogP contribution in [0, 0.1) is 0 Å². The fourth-order valence-electron chi connectivity index (χ4n) is 0.480. The van der Waals surface area contributed by atoms with Crippen molar-refractivity contribution < 1.29 is 10.2 Å². The summed E-state index contributed by atoms with van der Waals surface area (Å²) in [6, 6.07) is 0. The highest BCUT2D eigenvalue weighted by molar-refractivity contribution is 5.24. The van der Waals surface area contributed by atoms with E-state index in [0.717, 1.165) is 0 Å². The monoisotopic (exact) mass is 125 g/mol. The van der Waals surface area contributed by atoms with Crippen molar-refractivity contribution in [1.82, 2.24) is 5.32 Å². The van der Waals surface area contributed by atoms with Crippen molar-refractivity contribution in [3.8, 4) is 0 Å². The second-order valence-electron chi connectivity index (χ2n) is 1.60. The highest BCUT2D eigenvalue weighted by Crippen LogP contribution is 2.01. The summed E-state index contributed by atoms with van der Waals surface area (Å²) in [5.41, 5.74) is 0. The molecule has 1 heterocycles. The van der Waals surface area contributed by atoms with E-state index in [-0.39, 0.29) is 11.5 Å². The van der Waals surface area contributed by atoms with Gasteiger partial charge in [-0.05, 0) is 12.2 Å². The molecular weight excluding hydrogens is 118 g/mol. The van der Waals surface area contributed by atoms with Crippen LogP contribution >= 0.6 is 0 Å². The number of aliphatic hydroxyl groups is 2. The average molecular weight is 125 g/mol. The molecule has 3 N–H and O–H groups in total. The van der Waals surface area contributed by atoms with Crippen molar-refractivity contribution in [3.63, 3.8) is 0 Å². The Labute approximate surface area is 52.6 Å². The SMILES string of the molecule is OC1=C(O)C=CNC=C1.